The van der Waals surface area contributed by atoms with Crippen molar-refractivity contribution in [3.8, 4) is 17.6 Å². The highest BCUT2D eigenvalue weighted by Crippen LogP contribution is 2.63. The Bertz CT molecular complexity index is 1690. The Balaban J connectivity index is 1.77. The SMILES string of the molecule is CN(C)[C@@H]1C(=O)C(C(N)=O)=C(O)[C@@]2(O)C(=O)C3=C(O)c4c(O)ccc(C#Cc5cccc(N)c5)c4C[C@@]3(C)C[C@@]12C. The summed E-state index contributed by atoms with van der Waals surface area (Å²) in [5.74, 6) is 0.902. The van der Waals surface area contributed by atoms with Gasteiger partial charge in [0.15, 0.2) is 11.4 Å². The van der Waals surface area contributed by atoms with Crippen LogP contribution in [-0.4, -0.2) is 68.5 Å². The third-order valence-corrected chi connectivity index (χ3v) is 8.74. The first kappa shape index (κ1) is 28.0. The number of aliphatic hydroxyl groups excluding tert-OH is 2. The second-order valence-electron chi connectivity index (χ2n) is 11.8. The molecule has 2 aromatic rings. The van der Waals surface area contributed by atoms with E-state index in [1.165, 1.54) is 17.9 Å². The fourth-order valence-electron chi connectivity index (χ4n) is 7.20. The predicted octanol–water partition coefficient (Wildman–Crippen LogP) is 1.73. The van der Waals surface area contributed by atoms with Crippen LogP contribution in [0.1, 0.15) is 42.5 Å². The Morgan fingerprint density at radius 1 is 1.07 bits per heavy atom. The Morgan fingerprint density at radius 3 is 2.37 bits per heavy atom. The lowest BCUT2D eigenvalue weighted by atomic mass is 9.46. The van der Waals surface area contributed by atoms with Gasteiger partial charge in [0, 0.05) is 33.2 Å². The predicted molar refractivity (Wildman–Crippen MR) is 150 cm³/mol. The molecule has 0 unspecified atom stereocenters. The molecule has 4 atom stereocenters. The fraction of sp³-hybridized carbons (Fsp3) is 0.323. The molecular weight excluding hydrogens is 526 g/mol. The second-order valence-corrected chi connectivity index (χ2v) is 11.8. The number of carbonyl (C=O) groups is 3. The molecule has 3 aliphatic rings. The smallest absolute Gasteiger partial charge is 0.255 e. The molecular formula is C31H31N3O7. The summed E-state index contributed by atoms with van der Waals surface area (Å²) in [5.41, 5.74) is 6.75. The molecule has 212 valence electrons. The summed E-state index contributed by atoms with van der Waals surface area (Å²) < 4.78 is 0. The van der Waals surface area contributed by atoms with Crippen molar-refractivity contribution in [3.05, 3.63) is 75.6 Å². The fourth-order valence-corrected chi connectivity index (χ4v) is 7.20. The lowest BCUT2D eigenvalue weighted by Crippen LogP contribution is -2.72. The molecule has 0 spiro atoms. The van der Waals surface area contributed by atoms with Crippen molar-refractivity contribution >= 4 is 28.9 Å². The van der Waals surface area contributed by atoms with Crippen LogP contribution in [0.3, 0.4) is 0 Å². The number of fused-ring (bicyclic) bond motifs is 3. The number of benzene rings is 2. The van der Waals surface area contributed by atoms with Gasteiger partial charge in [-0.15, -0.1) is 0 Å². The molecule has 3 aliphatic carbocycles. The molecule has 1 fully saturated rings. The van der Waals surface area contributed by atoms with Crippen LogP contribution in [0.4, 0.5) is 5.69 Å². The zero-order chi connectivity index (χ0) is 30.2. The first-order valence-corrected chi connectivity index (χ1v) is 13.0. The number of phenolic OH excluding ortho intramolecular Hbond substituents is 1. The van der Waals surface area contributed by atoms with Gasteiger partial charge in [0.05, 0.1) is 11.6 Å². The van der Waals surface area contributed by atoms with Gasteiger partial charge in [-0.25, -0.2) is 0 Å². The van der Waals surface area contributed by atoms with Gasteiger partial charge in [0.25, 0.3) is 5.91 Å². The maximum Gasteiger partial charge on any atom is 0.255 e. The van der Waals surface area contributed by atoms with Crippen LogP contribution in [0.5, 0.6) is 5.75 Å². The van der Waals surface area contributed by atoms with E-state index in [9.17, 15) is 34.8 Å². The van der Waals surface area contributed by atoms with E-state index in [-0.39, 0.29) is 29.7 Å². The van der Waals surface area contributed by atoms with Gasteiger partial charge in [0.2, 0.25) is 5.78 Å². The molecule has 0 bridgehead atoms. The number of nitrogens with zero attached hydrogens (tertiary/aromatic N) is 1. The summed E-state index contributed by atoms with van der Waals surface area (Å²) in [6, 6.07) is 8.73. The van der Waals surface area contributed by atoms with E-state index >= 15 is 0 Å². The Morgan fingerprint density at radius 2 is 1.76 bits per heavy atom. The lowest BCUT2D eigenvalue weighted by molar-refractivity contribution is -0.176. The van der Waals surface area contributed by atoms with Gasteiger partial charge in [-0.2, -0.15) is 0 Å². The number of amides is 1. The van der Waals surface area contributed by atoms with E-state index in [1.54, 1.807) is 51.4 Å². The highest BCUT2D eigenvalue weighted by molar-refractivity contribution is 6.25. The number of hydrogen-bond donors (Lipinski definition) is 6. The van der Waals surface area contributed by atoms with Crippen molar-refractivity contribution in [1.29, 1.82) is 0 Å². The van der Waals surface area contributed by atoms with Crippen LogP contribution >= 0.6 is 0 Å². The molecule has 0 aromatic heterocycles. The third kappa shape index (κ3) is 3.70. The number of hydrogen-bond acceptors (Lipinski definition) is 9. The van der Waals surface area contributed by atoms with Gasteiger partial charge in [-0.05, 0) is 62.8 Å². The molecule has 0 radical (unpaired) electrons. The zero-order valence-corrected chi connectivity index (χ0v) is 23.1. The highest BCUT2D eigenvalue weighted by Gasteiger charge is 2.72. The zero-order valence-electron chi connectivity index (χ0n) is 23.1. The van der Waals surface area contributed by atoms with Gasteiger partial charge >= 0.3 is 0 Å². The Kier molecular flexibility index (Phi) is 6.11. The van der Waals surface area contributed by atoms with E-state index in [4.69, 9.17) is 11.5 Å². The second kappa shape index (κ2) is 8.96. The van der Waals surface area contributed by atoms with Crippen LogP contribution in [0.2, 0.25) is 0 Å². The van der Waals surface area contributed by atoms with E-state index in [1.807, 2.05) is 0 Å². The topological polar surface area (TPSA) is 187 Å². The minimum Gasteiger partial charge on any atom is -0.508 e. The molecule has 0 aliphatic heterocycles. The monoisotopic (exact) mass is 557 g/mol. The Hall–Kier alpha value is -4.59. The largest absolute Gasteiger partial charge is 0.508 e. The number of ketones is 2. The van der Waals surface area contributed by atoms with Gasteiger partial charge < -0.3 is 31.9 Å². The summed E-state index contributed by atoms with van der Waals surface area (Å²) in [6.45, 7) is 3.21. The average Bonchev–Trinajstić information content (AvgIpc) is 2.85. The molecule has 10 nitrogen and oxygen atoms in total. The number of primary amides is 1. The first-order chi connectivity index (χ1) is 19.1. The van der Waals surface area contributed by atoms with Crippen LogP contribution in [0.25, 0.3) is 5.76 Å². The number of aliphatic hydroxyl groups is 3. The van der Waals surface area contributed by atoms with Gasteiger partial charge in [-0.3, -0.25) is 19.3 Å². The summed E-state index contributed by atoms with van der Waals surface area (Å²) in [6.07, 6.45) is 0.0411. The average molecular weight is 558 g/mol. The van der Waals surface area contributed by atoms with Crippen molar-refractivity contribution in [3.63, 3.8) is 0 Å². The number of phenols is 1. The molecule has 5 rings (SSSR count). The quantitative estimate of drug-likeness (QED) is 0.182. The number of aromatic hydroxyl groups is 1. The Labute approximate surface area is 236 Å². The number of rotatable bonds is 2. The van der Waals surface area contributed by atoms with Crippen molar-refractivity contribution in [2.75, 3.05) is 19.8 Å². The third-order valence-electron chi connectivity index (χ3n) is 8.74. The molecule has 10 heteroatoms. The standard InChI is InChI=1S/C31H31N3O7/c1-29-13-18-16(9-8-15-6-5-7-17(32)12-15)10-11-19(35)20(18)23(36)22(29)27(39)31(41)26(38)21(28(33)40)24(37)25(34(3)4)30(31,2)14-29/h5-7,10-12,25,35-36,38,41H,13-14,32H2,1-4H3,(H2,33,40)/t25-,29+,30+,31-/m1/s1. The van der Waals surface area contributed by atoms with E-state index in [0.717, 1.165) is 0 Å². The van der Waals surface area contributed by atoms with Crippen LogP contribution < -0.4 is 11.5 Å². The minimum absolute atomic E-state index is 0.0213. The summed E-state index contributed by atoms with van der Waals surface area (Å²) >= 11 is 0. The number of nitrogen functional groups attached to an aromatic ring is 1. The van der Waals surface area contributed by atoms with Crippen molar-refractivity contribution in [2.24, 2.45) is 16.6 Å². The molecule has 41 heavy (non-hydrogen) atoms. The lowest BCUT2D eigenvalue weighted by Gasteiger charge is -2.59. The van der Waals surface area contributed by atoms with E-state index in [2.05, 4.69) is 11.8 Å². The highest BCUT2D eigenvalue weighted by atomic mass is 16.3. The summed E-state index contributed by atoms with van der Waals surface area (Å²) in [4.78, 5) is 41.5. The molecule has 2 aromatic carbocycles. The van der Waals surface area contributed by atoms with Crippen molar-refractivity contribution < 1.29 is 34.8 Å². The van der Waals surface area contributed by atoms with Crippen molar-refractivity contribution in [2.45, 2.75) is 38.3 Å². The molecule has 1 amide bonds. The summed E-state index contributed by atoms with van der Waals surface area (Å²) in [5, 5.41) is 45.5. The first-order valence-electron chi connectivity index (χ1n) is 13.0. The summed E-state index contributed by atoms with van der Waals surface area (Å²) in [7, 11) is 3.12. The number of nitrogens with two attached hydrogens (primary N) is 2. The van der Waals surface area contributed by atoms with Crippen LogP contribution in [-0.2, 0) is 20.8 Å². The van der Waals surface area contributed by atoms with Gasteiger partial charge in [0.1, 0.15) is 22.8 Å². The molecule has 0 saturated heterocycles. The van der Waals surface area contributed by atoms with Gasteiger partial charge in [-0.1, -0.05) is 31.8 Å². The normalized spacial score (nSPS) is 29.0. The number of likely N-dealkylation sites (N-methyl/N-ethyl adjacent to an activating group) is 1. The number of anilines is 1. The number of Topliss-reactive ketones (excluding diaryl/α,β-unsaturated/α-hetero) is 2. The maximum absolute atomic E-state index is 14.3. The van der Waals surface area contributed by atoms with Crippen LogP contribution in [0, 0.1) is 22.7 Å². The minimum atomic E-state index is -2.76. The molecule has 0 heterocycles. The maximum atomic E-state index is 14.3. The molecule has 1 saturated carbocycles. The number of carbonyl (C=O) groups excluding carboxylic acids is 3. The van der Waals surface area contributed by atoms with Crippen molar-refractivity contribution in [1.82, 2.24) is 4.90 Å². The molecule has 8 N–H and O–H groups in total. The van der Waals surface area contributed by atoms with Crippen LogP contribution in [0.15, 0.2) is 53.3 Å². The van der Waals surface area contributed by atoms with E-state index in [0.29, 0.717) is 22.4 Å². The van der Waals surface area contributed by atoms with E-state index < -0.39 is 57.0 Å².